The summed E-state index contributed by atoms with van der Waals surface area (Å²) in [6.45, 7) is 4.51. The van der Waals surface area contributed by atoms with Crippen LogP contribution in [0.3, 0.4) is 0 Å². The van der Waals surface area contributed by atoms with Crippen LogP contribution in [0.1, 0.15) is 297 Å². The number of phosphoric ester groups is 2. The Bertz CT molecular complexity index is 2340. The minimum absolute atomic E-state index is 0.0330. The average molecular weight is 1420 g/mol. The van der Waals surface area contributed by atoms with Crippen LogP contribution in [0, 0.1) is 0 Å². The number of hydrogen-bond acceptors (Lipinski definition) is 15. The van der Waals surface area contributed by atoms with Gasteiger partial charge in [0.15, 0.2) is 12.2 Å². The first-order valence-electron chi connectivity index (χ1n) is 37.8. The van der Waals surface area contributed by atoms with E-state index < -0.39 is 97.5 Å². The summed E-state index contributed by atoms with van der Waals surface area (Å²) < 4.78 is 68.3. The number of rotatable bonds is 70. The number of phosphoric acid groups is 2. The van der Waals surface area contributed by atoms with Gasteiger partial charge in [0.05, 0.1) is 26.4 Å². The maximum atomic E-state index is 13.1. The summed E-state index contributed by atoms with van der Waals surface area (Å²) in [5, 5.41) is 10.6. The Morgan fingerprint density at radius 3 is 0.898 bits per heavy atom. The largest absolute Gasteiger partial charge is 0.472 e. The van der Waals surface area contributed by atoms with Gasteiger partial charge in [-0.05, 0) is 122 Å². The predicted molar refractivity (Wildman–Crippen MR) is 399 cm³/mol. The van der Waals surface area contributed by atoms with E-state index in [-0.39, 0.29) is 25.7 Å². The minimum Gasteiger partial charge on any atom is -0.462 e. The molecule has 3 N–H and O–H groups in total. The molecular formula is C79H134O17P2. The van der Waals surface area contributed by atoms with Crippen molar-refractivity contribution >= 4 is 39.5 Å². The third-order valence-corrected chi connectivity index (χ3v) is 17.3. The molecule has 0 radical (unpaired) electrons. The first kappa shape index (κ1) is 93.5. The zero-order valence-corrected chi connectivity index (χ0v) is 63.0. The van der Waals surface area contributed by atoms with Gasteiger partial charge in [0.2, 0.25) is 0 Å². The molecule has 5 unspecified atom stereocenters. The molecule has 0 fully saturated rings. The highest BCUT2D eigenvalue weighted by molar-refractivity contribution is 7.47. The van der Waals surface area contributed by atoms with Crippen LogP contribution >= 0.6 is 15.6 Å². The van der Waals surface area contributed by atoms with Crippen LogP contribution in [0.4, 0.5) is 0 Å². The second kappa shape index (κ2) is 70.9. The fourth-order valence-corrected chi connectivity index (χ4v) is 11.3. The lowest BCUT2D eigenvalue weighted by Crippen LogP contribution is -2.30. The maximum Gasteiger partial charge on any atom is 0.472 e. The summed E-state index contributed by atoms with van der Waals surface area (Å²) in [5.74, 6) is -2.30. The van der Waals surface area contributed by atoms with E-state index in [0.29, 0.717) is 32.1 Å². The molecule has 0 aromatic carbocycles. The van der Waals surface area contributed by atoms with Crippen molar-refractivity contribution in [1.82, 2.24) is 0 Å². The van der Waals surface area contributed by atoms with Gasteiger partial charge in [-0.2, -0.15) is 0 Å². The number of hydrogen-bond donors (Lipinski definition) is 3. The van der Waals surface area contributed by atoms with E-state index in [0.717, 1.165) is 148 Å². The molecule has 0 aromatic heterocycles. The molecule has 0 aliphatic rings. The molecule has 0 bridgehead atoms. The van der Waals surface area contributed by atoms with Crippen molar-refractivity contribution in [3.63, 3.8) is 0 Å². The monoisotopic (exact) mass is 1420 g/mol. The van der Waals surface area contributed by atoms with Gasteiger partial charge < -0.3 is 33.8 Å². The summed E-state index contributed by atoms with van der Waals surface area (Å²) in [5.41, 5.74) is 0. The van der Waals surface area contributed by atoms with Crippen LogP contribution in [0.25, 0.3) is 0 Å². The molecule has 0 rings (SSSR count). The summed E-state index contributed by atoms with van der Waals surface area (Å²) >= 11 is 0. The van der Waals surface area contributed by atoms with Crippen LogP contribution in [0.5, 0.6) is 0 Å². The topological polar surface area (TPSA) is 237 Å². The highest BCUT2D eigenvalue weighted by atomic mass is 31.2. The Hall–Kier alpha value is -4.54. The summed E-state index contributed by atoms with van der Waals surface area (Å²) in [6.07, 6.45) is 76.4. The Kier molecular flexibility index (Phi) is 67.6. The first-order chi connectivity index (χ1) is 47.7. The molecule has 17 nitrogen and oxygen atoms in total. The van der Waals surface area contributed by atoms with Gasteiger partial charge in [-0.3, -0.25) is 37.3 Å². The molecule has 0 aliphatic carbocycles. The van der Waals surface area contributed by atoms with Crippen LogP contribution in [0.15, 0.2) is 122 Å². The van der Waals surface area contributed by atoms with Crippen molar-refractivity contribution in [2.24, 2.45) is 0 Å². The predicted octanol–water partition coefficient (Wildman–Crippen LogP) is 21.6. The summed E-state index contributed by atoms with van der Waals surface area (Å²) in [4.78, 5) is 72.7. The molecule has 0 heterocycles. The van der Waals surface area contributed by atoms with Gasteiger partial charge in [0, 0.05) is 25.7 Å². The van der Waals surface area contributed by atoms with Gasteiger partial charge in [-0.25, -0.2) is 9.13 Å². The van der Waals surface area contributed by atoms with Crippen LogP contribution < -0.4 is 0 Å². The molecule has 0 spiro atoms. The average Bonchev–Trinajstić information content (AvgIpc) is 0.972. The third-order valence-electron chi connectivity index (χ3n) is 15.4. The van der Waals surface area contributed by atoms with Crippen LogP contribution in [0.2, 0.25) is 0 Å². The number of allylic oxidation sites excluding steroid dienone is 20. The molecule has 0 aromatic rings. The fourth-order valence-electron chi connectivity index (χ4n) is 9.73. The molecular weight excluding hydrogens is 1280 g/mol. The molecule has 98 heavy (non-hydrogen) atoms. The highest BCUT2D eigenvalue weighted by Gasteiger charge is 2.30. The van der Waals surface area contributed by atoms with Crippen LogP contribution in [-0.4, -0.2) is 96.7 Å². The molecule has 562 valence electrons. The molecule has 0 amide bonds. The number of unbranched alkanes of at least 4 members (excludes halogenated alkanes) is 24. The fraction of sp³-hybridized carbons (Fsp3) is 0.696. The number of carbonyl (C=O) groups excluding carboxylic acids is 4. The standard InChI is InChI=1S/C79H134O17P2/c1-5-9-13-17-21-25-29-32-34-35-36-37-39-42-45-48-52-56-60-64-77(82)90-70-75(96-79(84)66-62-58-54-50-46-40-31-27-23-19-15-11-7-3)72-94-98(87,88)92-68-73(80)67-91-97(85,86)93-71-74(95-78(83)65-61-57-53-49-43-28-24-20-16-12-8-4)69-89-76(81)63-59-55-51-47-44-41-38-33-30-26-22-18-14-10-6-2/h9-10,13-14,21-22,25-27,31-34,36-38,42,45,52,56,73-75,80H,5-8,11-12,15-20,23-24,28-30,35,39-41,43-44,46-51,53-55,57-72H2,1-4H3,(H,85,86)(H,87,88)/b13-9-,14-10-,25-21-,26-22-,31-27-,34-32-,37-36-,38-33-,45-42-,56-52-. The lowest BCUT2D eigenvalue weighted by molar-refractivity contribution is -0.161. The quantitative estimate of drug-likeness (QED) is 0.0169. The lowest BCUT2D eigenvalue weighted by atomic mass is 10.1. The van der Waals surface area contributed by atoms with Gasteiger partial charge in [-0.1, -0.05) is 271 Å². The van der Waals surface area contributed by atoms with Gasteiger partial charge in [0.25, 0.3) is 0 Å². The Labute approximate surface area is 593 Å². The van der Waals surface area contributed by atoms with E-state index in [1.54, 1.807) is 0 Å². The van der Waals surface area contributed by atoms with E-state index in [2.05, 4.69) is 131 Å². The third kappa shape index (κ3) is 69.9. The second-order valence-corrected chi connectivity index (χ2v) is 27.7. The zero-order chi connectivity index (χ0) is 71.8. The Morgan fingerprint density at radius 2 is 0.551 bits per heavy atom. The zero-order valence-electron chi connectivity index (χ0n) is 61.2. The Balaban J connectivity index is 5.39. The SMILES string of the molecule is CC/C=C\C/C=C\C/C=C\C/C=C\C/C=C\C/C=C\CCC(=O)OCC(COP(=O)(O)OCC(O)COP(=O)(O)OCC(COC(=O)CCCCCCC/C=C\C/C=C\C/C=C\CC)OC(=O)CCCCCCCCCCCCC)OC(=O)CCCCCCC/C=C\CCCCCC. The molecule has 0 saturated heterocycles. The van der Waals surface area contributed by atoms with E-state index in [1.807, 2.05) is 18.2 Å². The first-order valence-corrected chi connectivity index (χ1v) is 40.8. The van der Waals surface area contributed by atoms with E-state index in [9.17, 15) is 43.2 Å². The minimum atomic E-state index is -4.99. The van der Waals surface area contributed by atoms with Crippen molar-refractivity contribution in [3.8, 4) is 0 Å². The summed E-state index contributed by atoms with van der Waals surface area (Å²) in [7, 11) is -9.97. The maximum absolute atomic E-state index is 13.1. The number of aliphatic hydroxyl groups is 1. The van der Waals surface area contributed by atoms with Gasteiger partial charge >= 0.3 is 39.5 Å². The molecule has 0 aliphatic heterocycles. The second-order valence-electron chi connectivity index (χ2n) is 24.8. The number of carbonyl (C=O) groups is 4. The Morgan fingerprint density at radius 1 is 0.296 bits per heavy atom. The van der Waals surface area contributed by atoms with Gasteiger partial charge in [0.1, 0.15) is 19.3 Å². The van der Waals surface area contributed by atoms with Gasteiger partial charge in [-0.15, -0.1) is 0 Å². The van der Waals surface area contributed by atoms with E-state index >= 15 is 0 Å². The molecule has 19 heteroatoms. The smallest absolute Gasteiger partial charge is 0.462 e. The highest BCUT2D eigenvalue weighted by Crippen LogP contribution is 2.45. The number of aliphatic hydroxyl groups excluding tert-OH is 1. The van der Waals surface area contributed by atoms with Crippen molar-refractivity contribution in [1.29, 1.82) is 0 Å². The molecule has 5 atom stereocenters. The van der Waals surface area contributed by atoms with Crippen molar-refractivity contribution in [2.75, 3.05) is 39.6 Å². The summed E-state index contributed by atoms with van der Waals surface area (Å²) in [6, 6.07) is 0. The van der Waals surface area contributed by atoms with Crippen molar-refractivity contribution < 1.29 is 80.2 Å². The van der Waals surface area contributed by atoms with Crippen molar-refractivity contribution in [3.05, 3.63) is 122 Å². The lowest BCUT2D eigenvalue weighted by Gasteiger charge is -2.21. The van der Waals surface area contributed by atoms with Crippen molar-refractivity contribution in [2.45, 2.75) is 316 Å². The number of ether oxygens (including phenoxy) is 4. The molecule has 0 saturated carbocycles. The van der Waals surface area contributed by atoms with Crippen LogP contribution in [-0.2, 0) is 65.4 Å². The normalized spacial score (nSPS) is 14.6. The van der Waals surface area contributed by atoms with E-state index in [4.69, 9.17) is 37.0 Å². The van der Waals surface area contributed by atoms with E-state index in [1.165, 1.54) is 64.2 Å². The number of esters is 4.